The number of hydrogen-bond acceptors (Lipinski definition) is 4. The predicted octanol–water partition coefficient (Wildman–Crippen LogP) is 3.96. The van der Waals surface area contributed by atoms with Crippen LogP contribution in [0.5, 0.6) is 0 Å². The Bertz CT molecular complexity index is 583. The van der Waals surface area contributed by atoms with Crippen LogP contribution in [-0.4, -0.2) is 30.6 Å². The maximum Gasteiger partial charge on any atom is 0.331 e. The van der Waals surface area contributed by atoms with E-state index in [-0.39, 0.29) is 22.6 Å². The van der Waals surface area contributed by atoms with E-state index in [1.165, 1.54) is 26.4 Å². The van der Waals surface area contributed by atoms with Crippen molar-refractivity contribution >= 4 is 17.5 Å². The van der Waals surface area contributed by atoms with Gasteiger partial charge in [0.25, 0.3) is 0 Å². The van der Waals surface area contributed by atoms with E-state index >= 15 is 0 Å². The summed E-state index contributed by atoms with van der Waals surface area (Å²) < 4.78 is 5.19. The number of methoxy groups -OCH3 is 1. The molecule has 5 aliphatic rings. The Morgan fingerprint density at radius 3 is 2.12 bits per heavy atom. The Labute approximate surface area is 150 Å². The number of carbonyl (C=O) groups is 2. The molecule has 0 radical (unpaired) electrons. The summed E-state index contributed by atoms with van der Waals surface area (Å²) in [6, 6.07) is -0.400. The zero-order chi connectivity index (χ0) is 17.8. The highest BCUT2D eigenvalue weighted by molar-refractivity contribution is 6.05. The van der Waals surface area contributed by atoms with Crippen LogP contribution in [-0.2, 0) is 14.3 Å². The average molecular weight is 345 g/mol. The number of ether oxygens (including phenoxy) is 1. The second kappa shape index (κ2) is 5.92. The number of hydrogen-bond donors (Lipinski definition) is 0. The van der Waals surface area contributed by atoms with Gasteiger partial charge in [0.2, 0.25) is 0 Å². The lowest BCUT2D eigenvalue weighted by Gasteiger charge is -2.58. The summed E-state index contributed by atoms with van der Waals surface area (Å²) in [6.07, 6.45) is 9.24. The molecule has 0 unspecified atom stereocenters. The van der Waals surface area contributed by atoms with E-state index in [4.69, 9.17) is 9.73 Å². The summed E-state index contributed by atoms with van der Waals surface area (Å²) in [7, 11) is 1.48. The van der Waals surface area contributed by atoms with Gasteiger partial charge in [-0.1, -0.05) is 13.8 Å². The summed E-state index contributed by atoms with van der Waals surface area (Å²) in [6.45, 7) is 4.24. The lowest BCUT2D eigenvalue weighted by Crippen LogP contribution is -2.54. The molecule has 4 nitrogen and oxygen atoms in total. The van der Waals surface area contributed by atoms with E-state index in [9.17, 15) is 9.59 Å². The summed E-state index contributed by atoms with van der Waals surface area (Å²) >= 11 is 0. The van der Waals surface area contributed by atoms with E-state index in [0.29, 0.717) is 12.8 Å². The molecule has 4 heteroatoms. The van der Waals surface area contributed by atoms with Gasteiger partial charge in [-0.3, -0.25) is 9.79 Å². The number of carbonyl (C=O) groups excluding carboxylic acids is 2. The number of ketones is 1. The summed E-state index contributed by atoms with van der Waals surface area (Å²) in [5, 5.41) is 0. The molecule has 138 valence electrons. The standard InChI is InChI=1S/C21H31NO3/c1-20(2)11-16(7-17(23)12-20)22-18(19(24)25-3)21-8-13-4-14(9-21)6-15(5-13)10-21/h13-15,18H,4-12H2,1-3H3/t13?,14?,15?,18-,21?/m1/s1. The minimum Gasteiger partial charge on any atom is -0.467 e. The Morgan fingerprint density at radius 2 is 1.64 bits per heavy atom. The van der Waals surface area contributed by atoms with Crippen molar-refractivity contribution in [2.75, 3.05) is 7.11 Å². The third-order valence-electron chi connectivity index (χ3n) is 7.16. The Balaban J connectivity index is 1.66. The lowest BCUT2D eigenvalue weighted by molar-refractivity contribution is -0.152. The van der Waals surface area contributed by atoms with Gasteiger partial charge in [-0.15, -0.1) is 0 Å². The van der Waals surface area contributed by atoms with Gasteiger partial charge in [-0.2, -0.15) is 0 Å². The minimum absolute atomic E-state index is 0.0144. The van der Waals surface area contributed by atoms with E-state index in [0.717, 1.165) is 49.1 Å². The molecule has 0 aromatic carbocycles. The highest BCUT2D eigenvalue weighted by Crippen LogP contribution is 2.62. The van der Waals surface area contributed by atoms with Crippen molar-refractivity contribution in [3.8, 4) is 0 Å². The van der Waals surface area contributed by atoms with Crippen LogP contribution in [0.4, 0.5) is 0 Å². The van der Waals surface area contributed by atoms with Crippen LogP contribution in [0.15, 0.2) is 4.99 Å². The number of Topliss-reactive ketones (excluding diaryl/α,β-unsaturated/α-hetero) is 1. The highest BCUT2D eigenvalue weighted by atomic mass is 16.5. The fourth-order valence-electron chi connectivity index (χ4n) is 6.84. The number of aliphatic imine (C=N–C) groups is 1. The monoisotopic (exact) mass is 345 g/mol. The third-order valence-corrected chi connectivity index (χ3v) is 7.16. The van der Waals surface area contributed by atoms with Crippen molar-refractivity contribution in [3.63, 3.8) is 0 Å². The van der Waals surface area contributed by atoms with Gasteiger partial charge in [-0.05, 0) is 68.1 Å². The number of nitrogens with zero attached hydrogens (tertiary/aromatic N) is 1. The Kier molecular flexibility index (Phi) is 4.08. The lowest BCUT2D eigenvalue weighted by atomic mass is 9.47. The topological polar surface area (TPSA) is 55.7 Å². The smallest absolute Gasteiger partial charge is 0.331 e. The molecule has 5 rings (SSSR count). The largest absolute Gasteiger partial charge is 0.467 e. The van der Waals surface area contributed by atoms with Gasteiger partial charge in [-0.25, -0.2) is 4.79 Å². The predicted molar refractivity (Wildman–Crippen MR) is 96.5 cm³/mol. The SMILES string of the molecule is COC(=O)[C@@H](N=C1CC(=O)CC(C)(C)C1)C12CC3CC(CC(C3)C1)C2. The first-order valence-electron chi connectivity index (χ1n) is 9.94. The molecule has 0 N–H and O–H groups in total. The van der Waals surface area contributed by atoms with Crippen LogP contribution in [0, 0.1) is 28.6 Å². The highest BCUT2D eigenvalue weighted by Gasteiger charge is 2.56. The molecule has 0 heterocycles. The zero-order valence-electron chi connectivity index (χ0n) is 15.8. The molecule has 25 heavy (non-hydrogen) atoms. The third kappa shape index (κ3) is 3.17. The zero-order valence-corrected chi connectivity index (χ0v) is 15.8. The Hall–Kier alpha value is -1.19. The van der Waals surface area contributed by atoms with E-state index in [2.05, 4.69) is 13.8 Å². The molecule has 0 aromatic heterocycles. The molecular weight excluding hydrogens is 314 g/mol. The van der Waals surface area contributed by atoms with Crippen LogP contribution < -0.4 is 0 Å². The molecule has 0 saturated heterocycles. The molecule has 0 spiro atoms. The average Bonchev–Trinajstić information content (AvgIpc) is 2.48. The Morgan fingerprint density at radius 1 is 1.08 bits per heavy atom. The van der Waals surface area contributed by atoms with Gasteiger partial charge in [0.15, 0.2) is 6.04 Å². The van der Waals surface area contributed by atoms with E-state index < -0.39 is 6.04 Å². The first-order chi connectivity index (χ1) is 11.8. The molecule has 1 atom stereocenters. The van der Waals surface area contributed by atoms with E-state index in [1.54, 1.807) is 0 Å². The van der Waals surface area contributed by atoms with Gasteiger partial charge in [0.1, 0.15) is 5.78 Å². The van der Waals surface area contributed by atoms with Crippen molar-refractivity contribution < 1.29 is 14.3 Å². The maximum atomic E-state index is 12.7. The maximum absolute atomic E-state index is 12.7. The van der Waals surface area contributed by atoms with Crippen molar-refractivity contribution in [2.45, 2.75) is 77.7 Å². The second-order valence-corrected chi connectivity index (χ2v) is 10.1. The van der Waals surface area contributed by atoms with Gasteiger partial charge in [0, 0.05) is 24.0 Å². The van der Waals surface area contributed by atoms with Gasteiger partial charge in [0.05, 0.1) is 7.11 Å². The first kappa shape index (κ1) is 17.2. The summed E-state index contributed by atoms with van der Waals surface area (Å²) in [5.41, 5.74) is 0.864. The van der Waals surface area contributed by atoms with Crippen LogP contribution in [0.1, 0.15) is 71.6 Å². The van der Waals surface area contributed by atoms with Crippen LogP contribution in [0.3, 0.4) is 0 Å². The fraction of sp³-hybridized carbons (Fsp3) is 0.857. The molecule has 4 bridgehead atoms. The molecular formula is C21H31NO3. The normalized spacial score (nSPS) is 41.8. The molecule has 5 fully saturated rings. The molecule has 0 aromatic rings. The summed E-state index contributed by atoms with van der Waals surface area (Å²) in [5.74, 6) is 2.36. The first-order valence-corrected chi connectivity index (χ1v) is 9.94. The fourth-order valence-corrected chi connectivity index (χ4v) is 6.84. The molecule has 5 saturated carbocycles. The van der Waals surface area contributed by atoms with Crippen molar-refractivity contribution in [1.29, 1.82) is 0 Å². The van der Waals surface area contributed by atoms with Crippen LogP contribution in [0.25, 0.3) is 0 Å². The van der Waals surface area contributed by atoms with Crippen LogP contribution in [0.2, 0.25) is 0 Å². The van der Waals surface area contributed by atoms with Crippen molar-refractivity contribution in [1.82, 2.24) is 0 Å². The van der Waals surface area contributed by atoms with E-state index in [1.807, 2.05) is 0 Å². The molecule has 5 aliphatic carbocycles. The second-order valence-electron chi connectivity index (χ2n) is 10.1. The quantitative estimate of drug-likeness (QED) is 0.727. The van der Waals surface area contributed by atoms with Crippen molar-refractivity contribution in [2.24, 2.45) is 33.6 Å². The minimum atomic E-state index is -0.400. The van der Waals surface area contributed by atoms with Gasteiger partial charge >= 0.3 is 5.97 Å². The number of esters is 1. The van der Waals surface area contributed by atoms with Crippen LogP contribution >= 0.6 is 0 Å². The summed E-state index contributed by atoms with van der Waals surface area (Å²) in [4.78, 5) is 29.9. The number of rotatable bonds is 3. The molecule has 0 aliphatic heterocycles. The molecule has 0 amide bonds. The van der Waals surface area contributed by atoms with Gasteiger partial charge < -0.3 is 4.74 Å². The van der Waals surface area contributed by atoms with Crippen molar-refractivity contribution in [3.05, 3.63) is 0 Å².